The van der Waals surface area contributed by atoms with Crippen LogP contribution < -0.4 is 5.32 Å². The van der Waals surface area contributed by atoms with Gasteiger partial charge in [0.25, 0.3) is 0 Å². The summed E-state index contributed by atoms with van der Waals surface area (Å²) in [7, 11) is 0. The van der Waals surface area contributed by atoms with Gasteiger partial charge in [0.15, 0.2) is 16.8 Å². The lowest BCUT2D eigenvalue weighted by molar-refractivity contribution is -0.113. The maximum Gasteiger partial charge on any atom is 0.237 e. The summed E-state index contributed by atoms with van der Waals surface area (Å²) in [5.41, 5.74) is 2.63. The van der Waals surface area contributed by atoms with E-state index in [1.54, 1.807) is 19.1 Å². The van der Waals surface area contributed by atoms with Gasteiger partial charge in [-0.25, -0.2) is 9.97 Å². The number of ketones is 1. The molecule has 172 valence electrons. The first-order valence-electron chi connectivity index (χ1n) is 10.7. The fourth-order valence-electron chi connectivity index (χ4n) is 4.00. The van der Waals surface area contributed by atoms with Crippen LogP contribution >= 0.6 is 23.4 Å². The number of aryl methyl sites for hydroxylation is 1. The number of hydrogen-bond acceptors (Lipinski definition) is 7. The van der Waals surface area contributed by atoms with Crippen LogP contribution in [-0.2, 0) is 17.8 Å². The Kier molecular flexibility index (Phi) is 6.54. The summed E-state index contributed by atoms with van der Waals surface area (Å²) in [6.45, 7) is 8.53. The topological polar surface area (TPSA) is 103 Å². The van der Waals surface area contributed by atoms with Crippen LogP contribution in [0.2, 0.25) is 5.02 Å². The molecule has 1 N–H and O–H groups in total. The van der Waals surface area contributed by atoms with Gasteiger partial charge in [-0.15, -0.1) is 10.2 Å². The van der Waals surface area contributed by atoms with Crippen LogP contribution in [0.25, 0.3) is 11.4 Å². The van der Waals surface area contributed by atoms with Gasteiger partial charge in [-0.05, 0) is 49.9 Å². The maximum atomic E-state index is 12.6. The summed E-state index contributed by atoms with van der Waals surface area (Å²) >= 11 is 7.27. The molecule has 0 bridgehead atoms. The van der Waals surface area contributed by atoms with Crippen molar-refractivity contribution < 1.29 is 9.59 Å². The summed E-state index contributed by atoms with van der Waals surface area (Å²) in [5.74, 6) is 0.879. The number of carbonyl (C=O) groups excluding carboxylic acids is 2. The van der Waals surface area contributed by atoms with E-state index in [-0.39, 0.29) is 28.8 Å². The van der Waals surface area contributed by atoms with Gasteiger partial charge in [0.2, 0.25) is 11.9 Å². The fourth-order valence-corrected chi connectivity index (χ4v) is 4.93. The number of hydrogen-bond donors (Lipinski definition) is 1. The summed E-state index contributed by atoms with van der Waals surface area (Å²) in [5, 5.41) is 12.6. The summed E-state index contributed by atoms with van der Waals surface area (Å²) in [6, 6.07) is 7.39. The molecule has 10 heteroatoms. The normalized spacial score (nSPS) is 14.8. The molecule has 0 aliphatic heterocycles. The Morgan fingerprint density at radius 1 is 1.18 bits per heavy atom. The Labute approximate surface area is 201 Å². The monoisotopic (exact) mass is 484 g/mol. The van der Waals surface area contributed by atoms with E-state index in [0.717, 1.165) is 11.4 Å². The molecule has 0 saturated heterocycles. The summed E-state index contributed by atoms with van der Waals surface area (Å²) in [4.78, 5) is 34.0. The number of nitrogens with zero attached hydrogens (tertiary/aromatic N) is 5. The average molecular weight is 485 g/mol. The third kappa shape index (κ3) is 5.09. The highest BCUT2D eigenvalue weighted by atomic mass is 35.5. The molecule has 1 aliphatic carbocycles. The molecular formula is C23H25ClN6O2S. The first kappa shape index (κ1) is 23.4. The first-order chi connectivity index (χ1) is 15.7. The van der Waals surface area contributed by atoms with E-state index in [4.69, 9.17) is 11.6 Å². The second kappa shape index (κ2) is 9.23. The van der Waals surface area contributed by atoms with Crippen molar-refractivity contribution in [3.05, 3.63) is 46.2 Å². The van der Waals surface area contributed by atoms with E-state index in [1.165, 1.54) is 11.8 Å². The Balaban J connectivity index is 1.46. The Bertz CT molecular complexity index is 1220. The second-order valence-corrected chi connectivity index (χ2v) is 10.2. The van der Waals surface area contributed by atoms with E-state index in [0.29, 0.717) is 46.5 Å². The van der Waals surface area contributed by atoms with Crippen molar-refractivity contribution in [1.29, 1.82) is 0 Å². The highest BCUT2D eigenvalue weighted by Crippen LogP contribution is 2.35. The molecule has 0 fully saturated rings. The average Bonchev–Trinajstić information content (AvgIpc) is 3.14. The number of Topliss-reactive ketones (excluding diaryl/α,β-unsaturated/α-hetero) is 1. The minimum absolute atomic E-state index is 0.0579. The smallest absolute Gasteiger partial charge is 0.237 e. The number of benzene rings is 1. The number of anilines is 1. The molecule has 0 saturated carbocycles. The van der Waals surface area contributed by atoms with Crippen LogP contribution in [0.1, 0.15) is 48.9 Å². The number of rotatable bonds is 6. The van der Waals surface area contributed by atoms with Crippen LogP contribution in [0.15, 0.2) is 29.4 Å². The number of thioether (sulfide) groups is 1. The van der Waals surface area contributed by atoms with Crippen molar-refractivity contribution >= 4 is 41.0 Å². The number of nitrogens with one attached hydrogen (secondary N) is 1. The number of carbonyl (C=O) groups is 2. The molecule has 2 heterocycles. The standard InChI is InChI=1S/C23H25ClN6O2S/c1-5-30-20(14-6-8-15(24)9-7-14)28-29-22(30)33-12-18(32)27-21-25-13(2)19-16(26-21)10-23(3,4)11-17(19)31/h6-9H,5,10-12H2,1-4H3,(H,25,26,27,32). The van der Waals surface area contributed by atoms with E-state index < -0.39 is 0 Å². The lowest BCUT2D eigenvalue weighted by Crippen LogP contribution is -2.30. The highest BCUT2D eigenvalue weighted by Gasteiger charge is 2.34. The van der Waals surface area contributed by atoms with Crippen LogP contribution in [0.3, 0.4) is 0 Å². The molecule has 4 rings (SSSR count). The van der Waals surface area contributed by atoms with Crippen molar-refractivity contribution in [2.45, 2.75) is 52.2 Å². The Morgan fingerprint density at radius 3 is 2.61 bits per heavy atom. The predicted molar refractivity (Wildman–Crippen MR) is 129 cm³/mol. The fraction of sp³-hybridized carbons (Fsp3) is 0.391. The molecule has 0 atom stereocenters. The van der Waals surface area contributed by atoms with E-state index in [1.807, 2.05) is 37.5 Å². The molecular weight excluding hydrogens is 460 g/mol. The van der Waals surface area contributed by atoms with E-state index in [2.05, 4.69) is 25.5 Å². The minimum atomic E-state index is -0.251. The molecule has 0 unspecified atom stereocenters. The van der Waals surface area contributed by atoms with Crippen LogP contribution in [0.4, 0.5) is 5.95 Å². The molecule has 1 aliphatic rings. The van der Waals surface area contributed by atoms with Crippen molar-refractivity contribution in [1.82, 2.24) is 24.7 Å². The number of fused-ring (bicyclic) bond motifs is 1. The van der Waals surface area contributed by atoms with Gasteiger partial charge in [-0.1, -0.05) is 37.2 Å². The first-order valence-corrected chi connectivity index (χ1v) is 12.1. The SMILES string of the molecule is CCn1c(SCC(=O)Nc2nc(C)c3c(n2)CC(C)(C)CC3=O)nnc1-c1ccc(Cl)cc1. The van der Waals surface area contributed by atoms with Gasteiger partial charge in [0.1, 0.15) is 0 Å². The third-order valence-corrected chi connectivity index (χ3v) is 6.67. The molecule has 0 radical (unpaired) electrons. The van der Waals surface area contributed by atoms with Gasteiger partial charge in [-0.2, -0.15) is 0 Å². The van der Waals surface area contributed by atoms with Crippen molar-refractivity contribution in [3.63, 3.8) is 0 Å². The van der Waals surface area contributed by atoms with E-state index >= 15 is 0 Å². The van der Waals surface area contributed by atoms with Gasteiger partial charge >= 0.3 is 0 Å². The number of halogens is 1. The van der Waals surface area contributed by atoms with Crippen molar-refractivity contribution in [2.75, 3.05) is 11.1 Å². The van der Waals surface area contributed by atoms with Crippen LogP contribution in [-0.4, -0.2) is 42.2 Å². The van der Waals surface area contributed by atoms with Crippen molar-refractivity contribution in [3.8, 4) is 11.4 Å². The molecule has 1 amide bonds. The van der Waals surface area contributed by atoms with Gasteiger partial charge in [0, 0.05) is 23.6 Å². The molecule has 1 aromatic carbocycles. The van der Waals surface area contributed by atoms with Gasteiger partial charge in [0.05, 0.1) is 22.7 Å². The number of aromatic nitrogens is 5. The highest BCUT2D eigenvalue weighted by molar-refractivity contribution is 7.99. The summed E-state index contributed by atoms with van der Waals surface area (Å²) in [6.07, 6.45) is 1.14. The van der Waals surface area contributed by atoms with Crippen molar-refractivity contribution in [2.24, 2.45) is 5.41 Å². The quantitative estimate of drug-likeness (QED) is 0.510. The third-order valence-electron chi connectivity index (χ3n) is 5.45. The van der Waals surface area contributed by atoms with Crippen LogP contribution in [0.5, 0.6) is 0 Å². The lowest BCUT2D eigenvalue weighted by Gasteiger charge is -2.30. The van der Waals surface area contributed by atoms with Gasteiger partial charge < -0.3 is 4.57 Å². The second-order valence-electron chi connectivity index (χ2n) is 8.79. The zero-order chi connectivity index (χ0) is 23.8. The molecule has 33 heavy (non-hydrogen) atoms. The molecule has 8 nitrogen and oxygen atoms in total. The largest absolute Gasteiger partial charge is 0.302 e. The molecule has 2 aromatic heterocycles. The maximum absolute atomic E-state index is 12.6. The molecule has 3 aromatic rings. The van der Waals surface area contributed by atoms with Crippen LogP contribution in [0, 0.1) is 12.3 Å². The summed E-state index contributed by atoms with van der Waals surface area (Å²) < 4.78 is 1.95. The molecule has 0 spiro atoms. The van der Waals surface area contributed by atoms with Gasteiger partial charge in [-0.3, -0.25) is 14.9 Å². The predicted octanol–water partition coefficient (Wildman–Crippen LogP) is 4.60. The number of amides is 1. The Hall–Kier alpha value is -2.78. The lowest BCUT2D eigenvalue weighted by atomic mass is 9.75. The zero-order valence-electron chi connectivity index (χ0n) is 19.0. The van der Waals surface area contributed by atoms with E-state index in [9.17, 15) is 9.59 Å². The minimum Gasteiger partial charge on any atom is -0.302 e. The Morgan fingerprint density at radius 2 is 1.91 bits per heavy atom. The zero-order valence-corrected chi connectivity index (χ0v) is 20.5.